The Kier molecular flexibility index (Phi) is 7.98. The summed E-state index contributed by atoms with van der Waals surface area (Å²) in [5, 5.41) is 8.69. The van der Waals surface area contributed by atoms with Crippen LogP contribution in [0.2, 0.25) is 0 Å². The quantitative estimate of drug-likeness (QED) is 0.775. The van der Waals surface area contributed by atoms with Gasteiger partial charge in [-0.05, 0) is 31.5 Å². The Morgan fingerprint density at radius 3 is 2.50 bits per heavy atom. The van der Waals surface area contributed by atoms with Crippen LogP contribution in [-0.2, 0) is 11.3 Å². The summed E-state index contributed by atoms with van der Waals surface area (Å²) in [7, 11) is 1.73. The topological polar surface area (TPSA) is 32.7 Å². The van der Waals surface area contributed by atoms with Crippen molar-refractivity contribution in [3.05, 3.63) is 35.4 Å². The molecule has 3 nitrogen and oxygen atoms in total. The normalized spacial score (nSPS) is 10.7. The second kappa shape index (κ2) is 9.55. The van der Waals surface area contributed by atoms with Crippen LogP contribution in [0.5, 0.6) is 0 Å². The molecule has 1 aromatic carbocycles. The first-order chi connectivity index (χ1) is 9.67. The first-order valence-corrected chi connectivity index (χ1v) is 7.09. The Balaban J connectivity index is 2.61. The molecule has 0 aromatic heterocycles. The van der Waals surface area contributed by atoms with Gasteiger partial charge in [-0.3, -0.25) is 4.90 Å². The van der Waals surface area contributed by atoms with Gasteiger partial charge in [0.1, 0.15) is 0 Å². The maximum Gasteiger partial charge on any atom is 0.0589 e. The summed E-state index contributed by atoms with van der Waals surface area (Å²) in [4.78, 5) is 2.38. The number of methoxy groups -OCH3 is 1. The largest absolute Gasteiger partial charge is 0.395 e. The number of benzene rings is 1. The maximum absolute atomic E-state index is 8.69. The van der Waals surface area contributed by atoms with Crippen molar-refractivity contribution in [3.63, 3.8) is 0 Å². The highest BCUT2D eigenvalue weighted by atomic mass is 16.5. The lowest BCUT2D eigenvalue weighted by atomic mass is 10.1. The summed E-state index contributed by atoms with van der Waals surface area (Å²) < 4.78 is 5.15. The third-order valence-electron chi connectivity index (χ3n) is 3.12. The Morgan fingerprint density at radius 1 is 1.25 bits per heavy atom. The van der Waals surface area contributed by atoms with Crippen molar-refractivity contribution in [2.24, 2.45) is 0 Å². The molecular formula is C17H25NO2. The maximum atomic E-state index is 8.69. The van der Waals surface area contributed by atoms with Crippen LogP contribution in [0.3, 0.4) is 0 Å². The van der Waals surface area contributed by atoms with E-state index in [2.05, 4.69) is 42.7 Å². The van der Waals surface area contributed by atoms with Crippen molar-refractivity contribution >= 4 is 0 Å². The van der Waals surface area contributed by atoms with Crippen LogP contribution >= 0.6 is 0 Å². The zero-order valence-electron chi connectivity index (χ0n) is 12.7. The van der Waals surface area contributed by atoms with Crippen LogP contribution in [-0.4, -0.2) is 42.9 Å². The van der Waals surface area contributed by atoms with Gasteiger partial charge in [-0.15, -0.1) is 0 Å². The van der Waals surface area contributed by atoms with E-state index in [0.29, 0.717) is 12.5 Å². The van der Waals surface area contributed by atoms with Crippen LogP contribution < -0.4 is 0 Å². The molecule has 0 aliphatic heterocycles. The number of hydrogen-bond acceptors (Lipinski definition) is 3. The van der Waals surface area contributed by atoms with Crippen molar-refractivity contribution in [2.75, 3.05) is 26.9 Å². The molecule has 0 heterocycles. The summed E-state index contributed by atoms with van der Waals surface area (Å²) in [6.07, 6.45) is 0.528. The Bertz CT molecular complexity index is 429. The van der Waals surface area contributed by atoms with Crippen LogP contribution in [0.1, 0.15) is 31.4 Å². The summed E-state index contributed by atoms with van der Waals surface area (Å²) in [6, 6.07) is 8.80. The van der Waals surface area contributed by atoms with Gasteiger partial charge in [0.05, 0.1) is 13.2 Å². The van der Waals surface area contributed by atoms with Gasteiger partial charge in [0, 0.05) is 38.2 Å². The molecule has 1 rings (SSSR count). The van der Waals surface area contributed by atoms with Crippen molar-refractivity contribution in [2.45, 2.75) is 32.9 Å². The molecule has 0 radical (unpaired) electrons. The molecule has 0 bridgehead atoms. The standard InChI is InChI=1S/C17H25NO2/c1-15(2)18(11-13-20-3)14-17-9-7-16(8-10-17)6-4-5-12-19/h7-10,15,19H,5,11-14H2,1-3H3. The van der Waals surface area contributed by atoms with Crippen LogP contribution in [0, 0.1) is 11.8 Å². The molecule has 20 heavy (non-hydrogen) atoms. The lowest BCUT2D eigenvalue weighted by Crippen LogP contribution is -2.33. The minimum Gasteiger partial charge on any atom is -0.395 e. The molecule has 0 unspecified atom stereocenters. The van der Waals surface area contributed by atoms with Gasteiger partial charge in [0.15, 0.2) is 0 Å². The van der Waals surface area contributed by atoms with E-state index in [0.717, 1.165) is 25.3 Å². The van der Waals surface area contributed by atoms with E-state index in [9.17, 15) is 0 Å². The van der Waals surface area contributed by atoms with E-state index in [-0.39, 0.29) is 6.61 Å². The number of rotatable bonds is 7. The van der Waals surface area contributed by atoms with Crippen molar-refractivity contribution in [1.29, 1.82) is 0 Å². The molecule has 3 heteroatoms. The summed E-state index contributed by atoms with van der Waals surface area (Å²) in [5.74, 6) is 5.97. The minimum atomic E-state index is 0.119. The van der Waals surface area contributed by atoms with Gasteiger partial charge in [-0.25, -0.2) is 0 Å². The SMILES string of the molecule is COCCN(Cc1ccc(C#CCCO)cc1)C(C)C. The lowest BCUT2D eigenvalue weighted by Gasteiger charge is -2.26. The van der Waals surface area contributed by atoms with E-state index in [1.165, 1.54) is 5.56 Å². The molecule has 0 spiro atoms. The molecule has 0 saturated heterocycles. The van der Waals surface area contributed by atoms with Crippen LogP contribution in [0.4, 0.5) is 0 Å². The number of aliphatic hydroxyl groups is 1. The van der Waals surface area contributed by atoms with Gasteiger partial charge in [-0.2, -0.15) is 0 Å². The molecule has 1 aromatic rings. The second-order valence-corrected chi connectivity index (χ2v) is 5.03. The monoisotopic (exact) mass is 275 g/mol. The fraction of sp³-hybridized carbons (Fsp3) is 0.529. The fourth-order valence-corrected chi connectivity index (χ4v) is 1.88. The number of nitrogens with zero attached hydrogens (tertiary/aromatic N) is 1. The lowest BCUT2D eigenvalue weighted by molar-refractivity contribution is 0.125. The highest BCUT2D eigenvalue weighted by Gasteiger charge is 2.09. The highest BCUT2D eigenvalue weighted by molar-refractivity contribution is 5.36. The minimum absolute atomic E-state index is 0.119. The summed E-state index contributed by atoms with van der Waals surface area (Å²) in [5.41, 5.74) is 2.28. The Hall–Kier alpha value is -1.34. The number of aliphatic hydroxyl groups excluding tert-OH is 1. The zero-order chi connectivity index (χ0) is 14.8. The van der Waals surface area contributed by atoms with Crippen molar-refractivity contribution in [1.82, 2.24) is 4.90 Å². The Morgan fingerprint density at radius 2 is 1.95 bits per heavy atom. The number of ether oxygens (including phenoxy) is 1. The molecular weight excluding hydrogens is 250 g/mol. The van der Waals surface area contributed by atoms with Gasteiger partial charge in [-0.1, -0.05) is 24.0 Å². The predicted molar refractivity (Wildman–Crippen MR) is 82.4 cm³/mol. The second-order valence-electron chi connectivity index (χ2n) is 5.03. The van der Waals surface area contributed by atoms with Crippen LogP contribution in [0.25, 0.3) is 0 Å². The van der Waals surface area contributed by atoms with Crippen molar-refractivity contribution < 1.29 is 9.84 Å². The van der Waals surface area contributed by atoms with Crippen molar-refractivity contribution in [3.8, 4) is 11.8 Å². The predicted octanol–water partition coefficient (Wildman–Crippen LogP) is 2.28. The Labute approximate surface area is 122 Å². The van der Waals surface area contributed by atoms with Gasteiger partial charge in [0.2, 0.25) is 0 Å². The van der Waals surface area contributed by atoms with E-state index in [1.54, 1.807) is 7.11 Å². The third kappa shape index (κ3) is 6.21. The first kappa shape index (κ1) is 16.7. The van der Waals surface area contributed by atoms with Gasteiger partial charge >= 0.3 is 0 Å². The molecule has 1 N–H and O–H groups in total. The molecule has 110 valence electrons. The molecule has 0 aliphatic rings. The molecule has 0 saturated carbocycles. The average Bonchev–Trinajstić information content (AvgIpc) is 2.45. The molecule has 0 amide bonds. The fourth-order valence-electron chi connectivity index (χ4n) is 1.88. The smallest absolute Gasteiger partial charge is 0.0589 e. The summed E-state index contributed by atoms with van der Waals surface area (Å²) >= 11 is 0. The highest BCUT2D eigenvalue weighted by Crippen LogP contribution is 2.09. The van der Waals surface area contributed by atoms with E-state index in [1.807, 2.05) is 12.1 Å². The van der Waals surface area contributed by atoms with Gasteiger partial charge in [0.25, 0.3) is 0 Å². The average molecular weight is 275 g/mol. The number of hydrogen-bond donors (Lipinski definition) is 1. The van der Waals surface area contributed by atoms with E-state index in [4.69, 9.17) is 9.84 Å². The van der Waals surface area contributed by atoms with Crippen LogP contribution in [0.15, 0.2) is 24.3 Å². The molecule has 0 atom stereocenters. The molecule has 0 fully saturated rings. The third-order valence-corrected chi connectivity index (χ3v) is 3.12. The van der Waals surface area contributed by atoms with E-state index < -0.39 is 0 Å². The summed E-state index contributed by atoms with van der Waals surface area (Å²) in [6.45, 7) is 7.13. The van der Waals surface area contributed by atoms with E-state index >= 15 is 0 Å². The zero-order valence-corrected chi connectivity index (χ0v) is 12.7. The molecule has 0 aliphatic carbocycles. The van der Waals surface area contributed by atoms with Gasteiger partial charge < -0.3 is 9.84 Å². The first-order valence-electron chi connectivity index (χ1n) is 7.09.